The van der Waals surface area contributed by atoms with Crippen LogP contribution in [0.4, 0.5) is 5.13 Å². The molecule has 18 heavy (non-hydrogen) atoms. The van der Waals surface area contributed by atoms with Gasteiger partial charge in [-0.05, 0) is 6.42 Å². The first kappa shape index (κ1) is 12.4. The topological polar surface area (TPSA) is 107 Å². The van der Waals surface area contributed by atoms with Crippen LogP contribution in [0.5, 0.6) is 0 Å². The number of imidazole rings is 1. The fraction of sp³-hybridized carbons (Fsp3) is 0.300. The van der Waals surface area contributed by atoms with Gasteiger partial charge in [-0.1, -0.05) is 6.92 Å². The molecule has 2 aromatic heterocycles. The van der Waals surface area contributed by atoms with Gasteiger partial charge in [-0.2, -0.15) is 4.99 Å². The van der Waals surface area contributed by atoms with Crippen molar-refractivity contribution in [3.05, 3.63) is 17.9 Å². The predicted octanol–water partition coefficient (Wildman–Crippen LogP) is 0.865. The zero-order valence-corrected chi connectivity index (χ0v) is 10.8. The predicted molar refractivity (Wildman–Crippen MR) is 73.3 cm³/mol. The van der Waals surface area contributed by atoms with E-state index < -0.39 is 0 Å². The molecule has 2 aromatic rings. The Morgan fingerprint density at radius 1 is 1.50 bits per heavy atom. The van der Waals surface area contributed by atoms with Crippen LogP contribution in [0.3, 0.4) is 0 Å². The number of rotatable bonds is 5. The van der Waals surface area contributed by atoms with Crippen molar-refractivity contribution in [2.45, 2.75) is 13.3 Å². The largest absolute Gasteiger partial charge is 0.370 e. The van der Waals surface area contributed by atoms with Crippen LogP contribution in [0.1, 0.15) is 13.3 Å². The summed E-state index contributed by atoms with van der Waals surface area (Å²) in [7, 11) is 0. The molecule has 2 rings (SSSR count). The summed E-state index contributed by atoms with van der Waals surface area (Å²) < 4.78 is 1.82. The zero-order valence-electron chi connectivity index (χ0n) is 10.00. The van der Waals surface area contributed by atoms with Gasteiger partial charge in [0.15, 0.2) is 5.96 Å². The number of nitrogens with zero attached hydrogens (tertiary/aromatic N) is 4. The van der Waals surface area contributed by atoms with E-state index in [1.807, 2.05) is 16.3 Å². The number of nitrogens with one attached hydrogen (secondary N) is 1. The number of guanidine groups is 1. The van der Waals surface area contributed by atoms with Crippen LogP contribution in [0.25, 0.3) is 11.4 Å². The molecular formula is C10H15N7S. The molecule has 0 unspecified atom stereocenters. The molecule has 8 heteroatoms. The normalized spacial score (nSPS) is 10.3. The van der Waals surface area contributed by atoms with Crippen LogP contribution in [0.2, 0.25) is 0 Å². The van der Waals surface area contributed by atoms with Gasteiger partial charge < -0.3 is 16.9 Å². The molecule has 0 saturated heterocycles. The Kier molecular flexibility index (Phi) is 3.78. The van der Waals surface area contributed by atoms with Crippen LogP contribution >= 0.6 is 11.3 Å². The van der Waals surface area contributed by atoms with Crippen molar-refractivity contribution in [2.75, 3.05) is 12.0 Å². The van der Waals surface area contributed by atoms with Crippen molar-refractivity contribution in [1.82, 2.24) is 14.6 Å². The SMILES string of the molecule is CCCNn1cnc(-c2csc(N=C(N)N)n2)c1. The number of nitrogens with two attached hydrogens (primary N) is 2. The van der Waals surface area contributed by atoms with E-state index in [2.05, 4.69) is 27.3 Å². The van der Waals surface area contributed by atoms with Gasteiger partial charge in [0.2, 0.25) is 5.13 Å². The van der Waals surface area contributed by atoms with Gasteiger partial charge in [-0.3, -0.25) is 4.68 Å². The summed E-state index contributed by atoms with van der Waals surface area (Å²) in [5, 5.41) is 2.40. The molecular weight excluding hydrogens is 250 g/mol. The first-order valence-electron chi connectivity index (χ1n) is 5.52. The summed E-state index contributed by atoms with van der Waals surface area (Å²) in [4.78, 5) is 12.4. The minimum absolute atomic E-state index is 0.00559. The first-order valence-corrected chi connectivity index (χ1v) is 6.40. The van der Waals surface area contributed by atoms with Crippen LogP contribution in [0, 0.1) is 0 Å². The second-order valence-electron chi connectivity index (χ2n) is 3.63. The van der Waals surface area contributed by atoms with Gasteiger partial charge in [0.1, 0.15) is 17.7 Å². The van der Waals surface area contributed by atoms with E-state index in [9.17, 15) is 0 Å². The summed E-state index contributed by atoms with van der Waals surface area (Å²) in [6.45, 7) is 3.00. The van der Waals surface area contributed by atoms with Crippen LogP contribution in [-0.4, -0.2) is 27.1 Å². The molecule has 0 saturated carbocycles. The lowest BCUT2D eigenvalue weighted by atomic mass is 10.4. The van der Waals surface area contributed by atoms with Crippen LogP contribution in [0.15, 0.2) is 22.9 Å². The fourth-order valence-electron chi connectivity index (χ4n) is 1.33. The second-order valence-corrected chi connectivity index (χ2v) is 4.46. The Morgan fingerprint density at radius 3 is 3.06 bits per heavy atom. The molecule has 0 aliphatic heterocycles. The third kappa shape index (κ3) is 2.98. The number of aliphatic imine (C=N–C) groups is 1. The highest BCUT2D eigenvalue weighted by atomic mass is 32.1. The summed E-state index contributed by atoms with van der Waals surface area (Å²) in [6, 6.07) is 0. The Labute approximate surface area is 109 Å². The molecule has 0 atom stereocenters. The molecule has 0 aliphatic rings. The smallest absolute Gasteiger partial charge is 0.212 e. The summed E-state index contributed by atoms with van der Waals surface area (Å²) in [6.07, 6.45) is 4.65. The Bertz CT molecular complexity index is 538. The van der Waals surface area contributed by atoms with E-state index in [0.717, 1.165) is 24.4 Å². The lowest BCUT2D eigenvalue weighted by Gasteiger charge is -2.02. The number of aromatic nitrogens is 3. The highest BCUT2D eigenvalue weighted by molar-refractivity contribution is 7.13. The van der Waals surface area contributed by atoms with Crippen molar-refractivity contribution in [2.24, 2.45) is 16.5 Å². The quantitative estimate of drug-likeness (QED) is 0.549. The lowest BCUT2D eigenvalue weighted by molar-refractivity contribution is 0.807. The summed E-state index contributed by atoms with van der Waals surface area (Å²) >= 11 is 1.37. The standard InChI is InChI=1S/C10H15N7S/c1-2-3-14-17-4-7(13-6-17)8-5-18-10(15-8)16-9(11)12/h4-6,14H,2-3H2,1H3,(H4,11,12,15,16). The van der Waals surface area contributed by atoms with Crippen LogP contribution in [-0.2, 0) is 0 Å². The van der Waals surface area contributed by atoms with Gasteiger partial charge in [0, 0.05) is 11.9 Å². The minimum Gasteiger partial charge on any atom is -0.370 e. The van der Waals surface area contributed by atoms with Crippen molar-refractivity contribution in [1.29, 1.82) is 0 Å². The first-order chi connectivity index (χ1) is 8.69. The molecule has 0 spiro atoms. The van der Waals surface area contributed by atoms with Crippen LogP contribution < -0.4 is 16.9 Å². The molecule has 0 fully saturated rings. The van der Waals surface area contributed by atoms with E-state index in [4.69, 9.17) is 11.5 Å². The second kappa shape index (κ2) is 5.50. The molecule has 0 aliphatic carbocycles. The highest BCUT2D eigenvalue weighted by Gasteiger charge is 2.07. The maximum absolute atomic E-state index is 5.30. The van der Waals surface area contributed by atoms with E-state index in [-0.39, 0.29) is 5.96 Å². The fourth-order valence-corrected chi connectivity index (χ4v) is 2.03. The van der Waals surface area contributed by atoms with E-state index >= 15 is 0 Å². The van der Waals surface area contributed by atoms with Gasteiger partial charge in [0.25, 0.3) is 0 Å². The maximum atomic E-state index is 5.30. The van der Waals surface area contributed by atoms with Gasteiger partial charge in [-0.25, -0.2) is 9.97 Å². The van der Waals surface area contributed by atoms with Gasteiger partial charge in [-0.15, -0.1) is 11.3 Å². The number of hydrogen-bond acceptors (Lipinski definition) is 5. The molecule has 96 valence electrons. The Hall–Kier alpha value is -2.09. The zero-order chi connectivity index (χ0) is 13.0. The van der Waals surface area contributed by atoms with Crippen molar-refractivity contribution in [3.63, 3.8) is 0 Å². The van der Waals surface area contributed by atoms with E-state index in [1.54, 1.807) is 6.33 Å². The molecule has 0 radical (unpaired) electrons. The Morgan fingerprint density at radius 2 is 2.33 bits per heavy atom. The third-order valence-electron chi connectivity index (χ3n) is 2.11. The lowest BCUT2D eigenvalue weighted by Crippen LogP contribution is -2.21. The van der Waals surface area contributed by atoms with Crippen molar-refractivity contribution < 1.29 is 0 Å². The highest BCUT2D eigenvalue weighted by Crippen LogP contribution is 2.25. The molecule has 0 bridgehead atoms. The van der Waals surface area contributed by atoms with Crippen molar-refractivity contribution in [3.8, 4) is 11.4 Å². The third-order valence-corrected chi connectivity index (χ3v) is 2.84. The summed E-state index contributed by atoms with van der Waals surface area (Å²) in [5.41, 5.74) is 15.3. The number of thiazole rings is 1. The molecule has 0 aromatic carbocycles. The number of hydrogen-bond donors (Lipinski definition) is 3. The van der Waals surface area contributed by atoms with E-state index in [0.29, 0.717) is 5.13 Å². The maximum Gasteiger partial charge on any atom is 0.212 e. The molecule has 7 nitrogen and oxygen atoms in total. The minimum atomic E-state index is 0.00559. The molecule has 2 heterocycles. The Balaban J connectivity index is 2.13. The average Bonchev–Trinajstić information content (AvgIpc) is 2.94. The van der Waals surface area contributed by atoms with Gasteiger partial charge >= 0.3 is 0 Å². The summed E-state index contributed by atoms with van der Waals surface area (Å²) in [5.74, 6) is 0.00559. The monoisotopic (exact) mass is 265 g/mol. The van der Waals surface area contributed by atoms with Gasteiger partial charge in [0.05, 0.1) is 6.20 Å². The van der Waals surface area contributed by atoms with Crippen molar-refractivity contribution >= 4 is 22.4 Å². The van der Waals surface area contributed by atoms with E-state index in [1.165, 1.54) is 11.3 Å². The average molecular weight is 265 g/mol. The molecule has 5 N–H and O–H groups in total. The molecule has 0 amide bonds.